The number of ketones is 2. The summed E-state index contributed by atoms with van der Waals surface area (Å²) in [7, 11) is 2.95. The van der Waals surface area contributed by atoms with Gasteiger partial charge < -0.3 is 14.4 Å². The minimum atomic E-state index is -1.10. The molecule has 6 nitrogen and oxygen atoms in total. The van der Waals surface area contributed by atoms with Gasteiger partial charge in [-0.05, 0) is 35.4 Å². The highest BCUT2D eigenvalue weighted by Gasteiger charge is 2.51. The van der Waals surface area contributed by atoms with Crippen LogP contribution in [0.25, 0.3) is 0 Å². The molecular weight excluding hydrogens is 382 g/mol. The lowest BCUT2D eigenvalue weighted by Crippen LogP contribution is -2.31. The van der Waals surface area contributed by atoms with Crippen molar-refractivity contribution in [2.24, 2.45) is 5.92 Å². The van der Waals surface area contributed by atoms with Crippen LogP contribution >= 0.6 is 11.6 Å². The van der Waals surface area contributed by atoms with Crippen LogP contribution in [0, 0.1) is 5.92 Å². The second-order valence-electron chi connectivity index (χ2n) is 6.52. The zero-order chi connectivity index (χ0) is 20.3. The Morgan fingerprint density at radius 3 is 2.25 bits per heavy atom. The van der Waals surface area contributed by atoms with Gasteiger partial charge in [-0.25, -0.2) is 0 Å². The van der Waals surface area contributed by atoms with E-state index in [1.165, 1.54) is 12.0 Å². The van der Waals surface area contributed by atoms with Crippen molar-refractivity contribution in [1.29, 1.82) is 0 Å². The average Bonchev–Trinajstić information content (AvgIpc) is 2.94. The third-order valence-electron chi connectivity index (χ3n) is 4.76. The molecule has 2 aromatic carbocycles. The van der Waals surface area contributed by atoms with E-state index in [2.05, 4.69) is 0 Å². The van der Waals surface area contributed by atoms with Gasteiger partial charge in [0.05, 0.1) is 13.2 Å². The van der Waals surface area contributed by atoms with Crippen LogP contribution in [-0.4, -0.2) is 43.2 Å². The molecule has 146 valence electrons. The van der Waals surface area contributed by atoms with Gasteiger partial charge in [-0.3, -0.25) is 14.4 Å². The van der Waals surface area contributed by atoms with Crippen LogP contribution in [0.3, 0.4) is 0 Å². The number of Topliss-reactive ketones (excluding diaryl/α,β-unsaturated/α-hetero) is 2. The molecule has 0 aromatic heterocycles. The Morgan fingerprint density at radius 1 is 1.04 bits per heavy atom. The van der Waals surface area contributed by atoms with Gasteiger partial charge in [0.15, 0.2) is 5.78 Å². The number of benzene rings is 2. The molecule has 2 unspecified atom stereocenters. The lowest BCUT2D eigenvalue weighted by atomic mass is 9.89. The van der Waals surface area contributed by atoms with E-state index in [-0.39, 0.29) is 13.2 Å². The van der Waals surface area contributed by atoms with E-state index in [4.69, 9.17) is 21.1 Å². The van der Waals surface area contributed by atoms with Crippen molar-refractivity contribution >= 4 is 29.1 Å². The second-order valence-corrected chi connectivity index (χ2v) is 6.96. The summed E-state index contributed by atoms with van der Waals surface area (Å²) in [5, 5.41) is 0.529. The van der Waals surface area contributed by atoms with Gasteiger partial charge in [0.2, 0.25) is 5.78 Å². The molecule has 1 heterocycles. The lowest BCUT2D eigenvalue weighted by Gasteiger charge is -2.27. The van der Waals surface area contributed by atoms with Gasteiger partial charge in [0.25, 0.3) is 5.91 Å². The SMILES string of the molecule is COCC(=O)C1C(=O)C(=O)N(Cc2ccc(OC)cc2)C1c1ccc(Cl)cc1. The molecule has 28 heavy (non-hydrogen) atoms. The van der Waals surface area contributed by atoms with Crippen LogP contribution < -0.4 is 4.74 Å². The molecule has 2 aromatic rings. The van der Waals surface area contributed by atoms with Crippen LogP contribution in [0.2, 0.25) is 5.02 Å². The summed E-state index contributed by atoms with van der Waals surface area (Å²) in [5.41, 5.74) is 1.49. The van der Waals surface area contributed by atoms with E-state index in [1.807, 2.05) is 12.1 Å². The maximum absolute atomic E-state index is 12.7. The third-order valence-corrected chi connectivity index (χ3v) is 5.01. The maximum atomic E-state index is 12.7. The molecule has 1 fully saturated rings. The fourth-order valence-electron chi connectivity index (χ4n) is 3.41. The summed E-state index contributed by atoms with van der Waals surface area (Å²) in [5.74, 6) is -2.22. The Kier molecular flexibility index (Phi) is 6.11. The van der Waals surface area contributed by atoms with E-state index in [1.54, 1.807) is 43.5 Å². The number of rotatable bonds is 7. The molecule has 1 aliphatic heterocycles. The van der Waals surface area contributed by atoms with Crippen LogP contribution in [0.4, 0.5) is 0 Å². The second kappa shape index (κ2) is 8.54. The van der Waals surface area contributed by atoms with Gasteiger partial charge in [0.1, 0.15) is 18.3 Å². The molecule has 1 saturated heterocycles. The minimum absolute atomic E-state index is 0.193. The number of ether oxygens (including phenoxy) is 2. The average molecular weight is 402 g/mol. The van der Waals surface area contributed by atoms with Crippen molar-refractivity contribution in [3.8, 4) is 5.75 Å². The van der Waals surface area contributed by atoms with E-state index < -0.39 is 29.4 Å². The largest absolute Gasteiger partial charge is 0.497 e. The van der Waals surface area contributed by atoms with Crippen molar-refractivity contribution < 1.29 is 23.9 Å². The molecule has 0 bridgehead atoms. The Balaban J connectivity index is 1.99. The van der Waals surface area contributed by atoms with Gasteiger partial charge >= 0.3 is 0 Å². The highest BCUT2D eigenvalue weighted by Crippen LogP contribution is 2.38. The normalized spacial score (nSPS) is 19.2. The van der Waals surface area contributed by atoms with E-state index >= 15 is 0 Å². The predicted octanol–water partition coefficient (Wildman–Crippen LogP) is 2.83. The summed E-state index contributed by atoms with van der Waals surface area (Å²) >= 11 is 5.97. The quantitative estimate of drug-likeness (QED) is 0.527. The molecule has 0 aliphatic carbocycles. The first kappa shape index (κ1) is 20.0. The number of hydrogen-bond donors (Lipinski definition) is 0. The number of likely N-dealkylation sites (tertiary alicyclic amines) is 1. The number of hydrogen-bond acceptors (Lipinski definition) is 5. The lowest BCUT2D eigenvalue weighted by molar-refractivity contribution is -0.143. The Labute approximate surface area is 168 Å². The summed E-state index contributed by atoms with van der Waals surface area (Å²) in [6.07, 6.45) is 0. The zero-order valence-corrected chi connectivity index (χ0v) is 16.3. The van der Waals surface area contributed by atoms with Crippen molar-refractivity contribution in [2.75, 3.05) is 20.8 Å². The molecular formula is C21H20ClNO5. The van der Waals surface area contributed by atoms with Crippen LogP contribution in [0.15, 0.2) is 48.5 Å². The summed E-state index contributed by atoms with van der Waals surface area (Å²) < 4.78 is 10.1. The maximum Gasteiger partial charge on any atom is 0.291 e. The summed E-state index contributed by atoms with van der Waals surface area (Å²) in [6, 6.07) is 13.3. The Bertz CT molecular complexity index is 879. The number of halogens is 1. The number of carbonyl (C=O) groups is 3. The molecule has 1 aliphatic rings. The van der Waals surface area contributed by atoms with Crippen LogP contribution in [-0.2, 0) is 25.7 Å². The fourth-order valence-corrected chi connectivity index (χ4v) is 3.53. The molecule has 1 amide bonds. The van der Waals surface area contributed by atoms with Crippen molar-refractivity contribution in [2.45, 2.75) is 12.6 Å². The van der Waals surface area contributed by atoms with Crippen molar-refractivity contribution in [3.63, 3.8) is 0 Å². The number of methoxy groups -OCH3 is 2. The summed E-state index contributed by atoms with van der Waals surface area (Å²) in [4.78, 5) is 39.4. The molecule has 0 spiro atoms. The molecule has 0 radical (unpaired) electrons. The standard InChI is InChI=1S/C21H20ClNO5/c1-27-12-17(24)18-19(14-5-7-15(22)8-6-14)23(21(26)20(18)25)11-13-3-9-16(28-2)10-4-13/h3-10,18-19H,11-12H2,1-2H3. The van der Waals surface area contributed by atoms with Crippen molar-refractivity contribution in [3.05, 3.63) is 64.7 Å². The van der Waals surface area contributed by atoms with E-state index in [9.17, 15) is 14.4 Å². The molecule has 7 heteroatoms. The van der Waals surface area contributed by atoms with Crippen molar-refractivity contribution in [1.82, 2.24) is 4.90 Å². The first-order valence-electron chi connectivity index (χ1n) is 8.71. The highest BCUT2D eigenvalue weighted by molar-refractivity contribution is 6.43. The fraction of sp³-hybridized carbons (Fsp3) is 0.286. The monoisotopic (exact) mass is 401 g/mol. The predicted molar refractivity (Wildman–Crippen MR) is 103 cm³/mol. The summed E-state index contributed by atoms with van der Waals surface area (Å²) in [6.45, 7) is -0.0389. The highest BCUT2D eigenvalue weighted by atomic mass is 35.5. The van der Waals surface area contributed by atoms with Crippen LogP contribution in [0.5, 0.6) is 5.75 Å². The Hall–Kier alpha value is -2.70. The van der Waals surface area contributed by atoms with Gasteiger partial charge in [-0.1, -0.05) is 35.9 Å². The third kappa shape index (κ3) is 3.93. The van der Waals surface area contributed by atoms with Gasteiger partial charge in [-0.15, -0.1) is 0 Å². The van der Waals surface area contributed by atoms with Gasteiger partial charge in [0, 0.05) is 18.7 Å². The van der Waals surface area contributed by atoms with E-state index in [0.29, 0.717) is 16.3 Å². The molecule has 2 atom stereocenters. The Morgan fingerprint density at radius 2 is 1.68 bits per heavy atom. The molecule has 0 saturated carbocycles. The zero-order valence-electron chi connectivity index (χ0n) is 15.6. The van der Waals surface area contributed by atoms with E-state index in [0.717, 1.165) is 5.56 Å². The number of amides is 1. The number of nitrogens with zero attached hydrogens (tertiary/aromatic N) is 1. The van der Waals surface area contributed by atoms with Crippen LogP contribution in [0.1, 0.15) is 17.2 Å². The molecule has 3 rings (SSSR count). The van der Waals surface area contributed by atoms with Gasteiger partial charge in [-0.2, -0.15) is 0 Å². The topological polar surface area (TPSA) is 72.9 Å². The minimum Gasteiger partial charge on any atom is -0.497 e. The molecule has 0 N–H and O–H groups in total. The smallest absolute Gasteiger partial charge is 0.291 e. The number of carbonyl (C=O) groups excluding carboxylic acids is 3. The first-order valence-corrected chi connectivity index (χ1v) is 9.09. The first-order chi connectivity index (χ1) is 13.5.